The molecule has 2 fully saturated rings. The molecule has 2 aliphatic heterocycles. The van der Waals surface area contributed by atoms with Crippen LogP contribution in [0.25, 0.3) is 0 Å². The second-order valence-electron chi connectivity index (χ2n) is 7.57. The molecule has 0 N–H and O–H groups in total. The van der Waals surface area contributed by atoms with Gasteiger partial charge in [-0.3, -0.25) is 9.59 Å². The molecule has 2 aliphatic rings. The number of hydrogen-bond donors (Lipinski definition) is 0. The topological polar surface area (TPSA) is 40.6 Å². The quantitative estimate of drug-likeness (QED) is 0.732. The van der Waals surface area contributed by atoms with Crippen molar-refractivity contribution in [1.29, 1.82) is 0 Å². The summed E-state index contributed by atoms with van der Waals surface area (Å²) in [6, 6.07) is 18.1. The molecule has 146 valence electrons. The van der Waals surface area contributed by atoms with Crippen LogP contribution in [0.3, 0.4) is 0 Å². The molecule has 2 aromatic carbocycles. The minimum atomic E-state index is -0.513. The maximum atomic E-state index is 13.0. The van der Waals surface area contributed by atoms with E-state index in [1.807, 2.05) is 47.0 Å². The molecule has 4 nitrogen and oxygen atoms in total. The van der Waals surface area contributed by atoms with Crippen molar-refractivity contribution in [2.75, 3.05) is 24.5 Å². The summed E-state index contributed by atoms with van der Waals surface area (Å²) in [5, 5.41) is 0.533. The Morgan fingerprint density at radius 2 is 1.61 bits per heavy atom. The minimum Gasteiger partial charge on any atom is -0.342 e. The summed E-state index contributed by atoms with van der Waals surface area (Å²) in [5.74, 6) is -0.545. The van der Waals surface area contributed by atoms with Crippen LogP contribution in [0.4, 0.5) is 5.69 Å². The SMILES string of the molecule is Cc1ccccc1SC1CCN(C(=O)[C@@H]2CCN(c3ccccc3)C2=O)CC1. The minimum absolute atomic E-state index is 0.0165. The Labute approximate surface area is 170 Å². The summed E-state index contributed by atoms with van der Waals surface area (Å²) < 4.78 is 0. The Hall–Kier alpha value is -2.27. The fourth-order valence-corrected chi connectivity index (χ4v) is 5.27. The summed E-state index contributed by atoms with van der Waals surface area (Å²) >= 11 is 1.92. The molecule has 2 heterocycles. The predicted octanol–water partition coefficient (Wildman–Crippen LogP) is 4.13. The van der Waals surface area contributed by atoms with E-state index >= 15 is 0 Å². The van der Waals surface area contributed by atoms with Crippen molar-refractivity contribution in [2.24, 2.45) is 5.92 Å². The number of piperidine rings is 1. The molecule has 0 radical (unpaired) electrons. The highest BCUT2D eigenvalue weighted by molar-refractivity contribution is 8.00. The lowest BCUT2D eigenvalue weighted by Crippen LogP contribution is -2.44. The summed E-state index contributed by atoms with van der Waals surface area (Å²) in [5.41, 5.74) is 2.19. The normalized spacial score (nSPS) is 20.6. The fourth-order valence-electron chi connectivity index (χ4n) is 4.06. The first-order valence-corrected chi connectivity index (χ1v) is 10.9. The molecule has 5 heteroatoms. The molecule has 0 aliphatic carbocycles. The van der Waals surface area contributed by atoms with E-state index in [0.29, 0.717) is 18.2 Å². The molecule has 2 amide bonds. The highest BCUT2D eigenvalue weighted by Crippen LogP contribution is 2.33. The van der Waals surface area contributed by atoms with Crippen LogP contribution < -0.4 is 4.90 Å². The van der Waals surface area contributed by atoms with Gasteiger partial charge in [0.15, 0.2) is 0 Å². The lowest BCUT2D eigenvalue weighted by atomic mass is 10.0. The van der Waals surface area contributed by atoms with Gasteiger partial charge in [-0.25, -0.2) is 0 Å². The fraction of sp³-hybridized carbons (Fsp3) is 0.391. The van der Waals surface area contributed by atoms with Crippen molar-refractivity contribution < 1.29 is 9.59 Å². The molecule has 0 saturated carbocycles. The number of thioether (sulfide) groups is 1. The average molecular weight is 395 g/mol. The van der Waals surface area contributed by atoms with Gasteiger partial charge >= 0.3 is 0 Å². The number of hydrogen-bond acceptors (Lipinski definition) is 3. The number of rotatable bonds is 4. The third kappa shape index (κ3) is 3.95. The Bertz CT molecular complexity index is 847. The van der Waals surface area contributed by atoms with E-state index in [2.05, 4.69) is 31.2 Å². The Morgan fingerprint density at radius 1 is 0.929 bits per heavy atom. The number of amides is 2. The molecule has 2 saturated heterocycles. The second-order valence-corrected chi connectivity index (χ2v) is 8.92. The van der Waals surface area contributed by atoms with Crippen LogP contribution >= 0.6 is 11.8 Å². The van der Waals surface area contributed by atoms with E-state index in [0.717, 1.165) is 31.6 Å². The molecule has 1 atom stereocenters. The van der Waals surface area contributed by atoms with Crippen LogP contribution in [-0.4, -0.2) is 41.6 Å². The Balaban J connectivity index is 1.33. The molecular weight excluding hydrogens is 368 g/mol. The average Bonchev–Trinajstić information content (AvgIpc) is 3.12. The van der Waals surface area contributed by atoms with Gasteiger partial charge in [0, 0.05) is 35.5 Å². The summed E-state index contributed by atoms with van der Waals surface area (Å²) in [6.07, 6.45) is 2.58. The van der Waals surface area contributed by atoms with Crippen LogP contribution in [-0.2, 0) is 9.59 Å². The van der Waals surface area contributed by atoms with Crippen molar-refractivity contribution >= 4 is 29.3 Å². The first-order valence-electron chi connectivity index (χ1n) is 10.0. The molecule has 0 aromatic heterocycles. The lowest BCUT2D eigenvalue weighted by Gasteiger charge is -2.33. The number of carbonyl (C=O) groups is 2. The number of anilines is 1. The third-order valence-electron chi connectivity index (χ3n) is 5.71. The number of nitrogens with zero attached hydrogens (tertiary/aromatic N) is 2. The van der Waals surface area contributed by atoms with Gasteiger partial charge in [-0.1, -0.05) is 36.4 Å². The van der Waals surface area contributed by atoms with Gasteiger partial charge in [0.05, 0.1) is 0 Å². The first-order chi connectivity index (χ1) is 13.6. The van der Waals surface area contributed by atoms with Gasteiger partial charge in [-0.05, 0) is 49.9 Å². The lowest BCUT2D eigenvalue weighted by molar-refractivity contribution is -0.140. The van der Waals surface area contributed by atoms with Gasteiger partial charge in [0.2, 0.25) is 11.8 Å². The maximum Gasteiger partial charge on any atom is 0.239 e. The predicted molar refractivity (Wildman–Crippen MR) is 114 cm³/mol. The van der Waals surface area contributed by atoms with Gasteiger partial charge in [-0.15, -0.1) is 11.8 Å². The highest BCUT2D eigenvalue weighted by Gasteiger charge is 2.40. The largest absolute Gasteiger partial charge is 0.342 e. The van der Waals surface area contributed by atoms with Crippen LogP contribution in [0.15, 0.2) is 59.5 Å². The number of carbonyl (C=O) groups excluding carboxylic acids is 2. The van der Waals surface area contributed by atoms with Gasteiger partial charge in [0.25, 0.3) is 0 Å². The molecule has 2 aromatic rings. The van der Waals surface area contributed by atoms with Gasteiger partial charge < -0.3 is 9.80 Å². The number of aryl methyl sites for hydroxylation is 1. The number of likely N-dealkylation sites (tertiary alicyclic amines) is 1. The number of benzene rings is 2. The van der Waals surface area contributed by atoms with E-state index in [4.69, 9.17) is 0 Å². The zero-order valence-electron chi connectivity index (χ0n) is 16.2. The Kier molecular flexibility index (Phi) is 5.72. The van der Waals surface area contributed by atoms with Crippen molar-refractivity contribution in [2.45, 2.75) is 36.3 Å². The van der Waals surface area contributed by atoms with E-state index < -0.39 is 5.92 Å². The summed E-state index contributed by atoms with van der Waals surface area (Å²) in [4.78, 5) is 30.8. The summed E-state index contributed by atoms with van der Waals surface area (Å²) in [7, 11) is 0. The Morgan fingerprint density at radius 3 is 2.32 bits per heavy atom. The zero-order chi connectivity index (χ0) is 19.5. The van der Waals surface area contributed by atoms with Gasteiger partial charge in [-0.2, -0.15) is 0 Å². The van der Waals surface area contributed by atoms with Crippen molar-refractivity contribution in [3.63, 3.8) is 0 Å². The van der Waals surface area contributed by atoms with Crippen molar-refractivity contribution in [3.05, 3.63) is 60.2 Å². The first kappa shape index (κ1) is 19.1. The molecule has 0 spiro atoms. The third-order valence-corrected chi connectivity index (χ3v) is 7.23. The second kappa shape index (κ2) is 8.39. The smallest absolute Gasteiger partial charge is 0.239 e. The van der Waals surface area contributed by atoms with Gasteiger partial charge in [0.1, 0.15) is 5.92 Å². The molecule has 28 heavy (non-hydrogen) atoms. The van der Waals surface area contributed by atoms with Crippen LogP contribution in [0.2, 0.25) is 0 Å². The van der Waals surface area contributed by atoms with E-state index in [-0.39, 0.29) is 11.8 Å². The molecule has 0 bridgehead atoms. The van der Waals surface area contributed by atoms with Crippen LogP contribution in [0.1, 0.15) is 24.8 Å². The maximum absolute atomic E-state index is 13.0. The monoisotopic (exact) mass is 394 g/mol. The summed E-state index contributed by atoms with van der Waals surface area (Å²) in [6.45, 7) is 4.26. The van der Waals surface area contributed by atoms with Crippen molar-refractivity contribution in [3.8, 4) is 0 Å². The van der Waals surface area contributed by atoms with Crippen molar-refractivity contribution in [1.82, 2.24) is 4.90 Å². The standard InChI is InChI=1S/C23H26N2O2S/c1-17-7-5-6-10-21(17)28-19-11-14-24(15-12-19)22(26)20-13-16-25(23(20)27)18-8-3-2-4-9-18/h2-10,19-20H,11-16H2,1H3/t20-/m0/s1. The molecule has 0 unspecified atom stereocenters. The number of para-hydroxylation sites is 1. The zero-order valence-corrected chi connectivity index (χ0v) is 17.0. The van der Waals surface area contributed by atoms with Crippen LogP contribution in [0, 0.1) is 12.8 Å². The highest BCUT2D eigenvalue weighted by atomic mass is 32.2. The molecule has 4 rings (SSSR count). The van der Waals surface area contributed by atoms with E-state index in [9.17, 15) is 9.59 Å². The van der Waals surface area contributed by atoms with E-state index in [1.165, 1.54) is 10.5 Å². The van der Waals surface area contributed by atoms with E-state index in [1.54, 1.807) is 4.90 Å². The van der Waals surface area contributed by atoms with Crippen LogP contribution in [0.5, 0.6) is 0 Å². The molecular formula is C23H26N2O2S.